The molecule has 0 N–H and O–H groups in total. The summed E-state index contributed by atoms with van der Waals surface area (Å²) in [5.41, 5.74) is 0.638. The third-order valence-electron chi connectivity index (χ3n) is 5.18. The van der Waals surface area contributed by atoms with Crippen LogP contribution >= 0.6 is 0 Å². The molecule has 4 rings (SSSR count). The van der Waals surface area contributed by atoms with E-state index in [1.165, 1.54) is 60.3 Å². The Hall–Kier alpha value is -3.71. The van der Waals surface area contributed by atoms with Crippen LogP contribution < -0.4 is 15.2 Å². The number of rotatable bonds is 6. The Balaban J connectivity index is 1.66. The van der Waals surface area contributed by atoms with Crippen LogP contribution in [-0.2, 0) is 10.0 Å². The Bertz CT molecular complexity index is 1420. The summed E-state index contributed by atoms with van der Waals surface area (Å²) in [5, 5.41) is 10.2. The predicted molar refractivity (Wildman–Crippen MR) is 122 cm³/mol. The summed E-state index contributed by atoms with van der Waals surface area (Å²) in [6.45, 7) is 0. The SMILES string of the molecule is CN(C)S(=O)(=O)c1cccc(N2N=CCC2c2nn(-c3ccc(OC(F)(F)F)cc3)ccc2=O)c1. The van der Waals surface area contributed by atoms with Gasteiger partial charge in [-0.1, -0.05) is 6.07 Å². The van der Waals surface area contributed by atoms with E-state index < -0.39 is 22.4 Å². The van der Waals surface area contributed by atoms with Crippen molar-refractivity contribution in [2.45, 2.75) is 23.7 Å². The molecule has 1 atom stereocenters. The topological polar surface area (TPSA) is 97.1 Å². The molecule has 13 heteroatoms. The first-order chi connectivity index (χ1) is 16.5. The zero-order valence-corrected chi connectivity index (χ0v) is 19.4. The van der Waals surface area contributed by atoms with Crippen LogP contribution in [0.4, 0.5) is 18.9 Å². The summed E-state index contributed by atoms with van der Waals surface area (Å²) >= 11 is 0. The fourth-order valence-electron chi connectivity index (χ4n) is 3.48. The molecule has 1 aliphatic rings. The molecule has 3 aromatic rings. The molecular weight excluding hydrogens is 487 g/mol. The fraction of sp³-hybridized carbons (Fsp3) is 0.227. The van der Waals surface area contributed by atoms with Crippen LogP contribution in [0, 0.1) is 0 Å². The van der Waals surface area contributed by atoms with E-state index in [9.17, 15) is 26.4 Å². The van der Waals surface area contributed by atoms with Gasteiger partial charge in [0, 0.05) is 39.0 Å². The van der Waals surface area contributed by atoms with Gasteiger partial charge in [-0.2, -0.15) is 10.2 Å². The average Bonchev–Trinajstić information content (AvgIpc) is 3.29. The van der Waals surface area contributed by atoms with Crippen molar-refractivity contribution in [3.05, 3.63) is 76.7 Å². The lowest BCUT2D eigenvalue weighted by Crippen LogP contribution is -2.28. The molecule has 1 unspecified atom stereocenters. The molecule has 0 spiro atoms. The third kappa shape index (κ3) is 5.20. The Morgan fingerprint density at radius 1 is 1.06 bits per heavy atom. The van der Waals surface area contributed by atoms with E-state index in [1.54, 1.807) is 18.3 Å². The van der Waals surface area contributed by atoms with E-state index in [1.807, 2.05) is 0 Å². The fourth-order valence-corrected chi connectivity index (χ4v) is 4.43. The first-order valence-electron chi connectivity index (χ1n) is 10.3. The summed E-state index contributed by atoms with van der Waals surface area (Å²) in [7, 11) is -0.829. The molecule has 1 aromatic heterocycles. The molecule has 2 heterocycles. The molecule has 0 saturated carbocycles. The first-order valence-corrected chi connectivity index (χ1v) is 11.7. The molecule has 0 bridgehead atoms. The summed E-state index contributed by atoms with van der Waals surface area (Å²) < 4.78 is 68.7. The van der Waals surface area contributed by atoms with Crippen molar-refractivity contribution in [1.82, 2.24) is 14.1 Å². The van der Waals surface area contributed by atoms with Crippen LogP contribution in [0.15, 0.2) is 75.6 Å². The van der Waals surface area contributed by atoms with Crippen LogP contribution in [0.1, 0.15) is 18.2 Å². The lowest BCUT2D eigenvalue weighted by atomic mass is 10.1. The second kappa shape index (κ2) is 9.15. The molecule has 1 aliphatic heterocycles. The predicted octanol–water partition coefficient (Wildman–Crippen LogP) is 3.32. The molecule has 35 heavy (non-hydrogen) atoms. The summed E-state index contributed by atoms with van der Waals surface area (Å²) in [6.07, 6.45) is -1.47. The van der Waals surface area contributed by atoms with Gasteiger partial charge in [-0.05, 0) is 42.5 Å². The number of halogens is 3. The molecular formula is C22H20F3N5O4S. The zero-order chi connectivity index (χ0) is 25.4. The maximum absolute atomic E-state index is 12.7. The van der Waals surface area contributed by atoms with Crippen molar-refractivity contribution in [3.63, 3.8) is 0 Å². The molecule has 0 fully saturated rings. The van der Waals surface area contributed by atoms with Gasteiger partial charge in [0.15, 0.2) is 0 Å². The Kier molecular flexibility index (Phi) is 6.38. The lowest BCUT2D eigenvalue weighted by molar-refractivity contribution is -0.274. The highest BCUT2D eigenvalue weighted by atomic mass is 32.2. The monoisotopic (exact) mass is 507 g/mol. The standard InChI is InChI=1S/C22H20F3N5O4S/c1-28(2)35(32,33)18-5-3-4-16(14-18)30-19(10-12-26-30)21-20(31)11-13-29(27-21)15-6-8-17(9-7-15)34-22(23,24)25/h3-9,11-14,19H,10H2,1-2H3. The van der Waals surface area contributed by atoms with E-state index >= 15 is 0 Å². The van der Waals surface area contributed by atoms with Gasteiger partial charge >= 0.3 is 6.36 Å². The first kappa shape index (κ1) is 24.4. The van der Waals surface area contributed by atoms with Crippen molar-refractivity contribution in [3.8, 4) is 11.4 Å². The Morgan fingerprint density at radius 2 is 1.77 bits per heavy atom. The Labute approximate surface area is 198 Å². The quantitative estimate of drug-likeness (QED) is 0.508. The van der Waals surface area contributed by atoms with Gasteiger partial charge in [-0.3, -0.25) is 9.80 Å². The van der Waals surface area contributed by atoms with Crippen molar-refractivity contribution in [2.24, 2.45) is 5.10 Å². The van der Waals surface area contributed by atoms with Crippen LogP contribution in [0.25, 0.3) is 5.69 Å². The van der Waals surface area contributed by atoms with Gasteiger partial charge in [0.25, 0.3) is 0 Å². The molecule has 2 aromatic carbocycles. The van der Waals surface area contributed by atoms with Crippen LogP contribution in [0.5, 0.6) is 5.75 Å². The molecule has 9 nitrogen and oxygen atoms in total. The third-order valence-corrected chi connectivity index (χ3v) is 6.99. The summed E-state index contributed by atoms with van der Waals surface area (Å²) in [4.78, 5) is 12.8. The number of anilines is 1. The Morgan fingerprint density at radius 3 is 2.43 bits per heavy atom. The van der Waals surface area contributed by atoms with E-state index in [-0.39, 0.29) is 21.8 Å². The number of ether oxygens (including phenoxy) is 1. The van der Waals surface area contributed by atoms with E-state index in [4.69, 9.17) is 0 Å². The van der Waals surface area contributed by atoms with Crippen molar-refractivity contribution < 1.29 is 26.3 Å². The normalized spacial score (nSPS) is 16.2. The number of benzene rings is 2. The molecule has 184 valence electrons. The number of hydrogen-bond donors (Lipinski definition) is 0. The largest absolute Gasteiger partial charge is 0.573 e. The highest BCUT2D eigenvalue weighted by molar-refractivity contribution is 7.89. The number of hydrazone groups is 1. The second-order valence-electron chi connectivity index (χ2n) is 7.73. The average molecular weight is 507 g/mol. The second-order valence-corrected chi connectivity index (χ2v) is 9.88. The van der Waals surface area contributed by atoms with Crippen molar-refractivity contribution in [1.29, 1.82) is 0 Å². The van der Waals surface area contributed by atoms with Gasteiger partial charge < -0.3 is 4.74 Å². The van der Waals surface area contributed by atoms with E-state index in [2.05, 4.69) is 14.9 Å². The number of aromatic nitrogens is 2. The minimum absolute atomic E-state index is 0.0699. The van der Waals surface area contributed by atoms with Gasteiger partial charge in [0.05, 0.1) is 16.3 Å². The van der Waals surface area contributed by atoms with Crippen LogP contribution in [-0.4, -0.2) is 49.2 Å². The zero-order valence-electron chi connectivity index (χ0n) is 18.5. The number of hydrogen-bond acceptors (Lipinski definition) is 7. The number of nitrogens with zero attached hydrogens (tertiary/aromatic N) is 5. The van der Waals surface area contributed by atoms with E-state index in [0.717, 1.165) is 16.4 Å². The highest BCUT2D eigenvalue weighted by Crippen LogP contribution is 2.32. The van der Waals surface area contributed by atoms with Gasteiger partial charge in [-0.25, -0.2) is 17.4 Å². The molecule has 0 aliphatic carbocycles. The number of sulfonamides is 1. The molecule has 0 amide bonds. The number of alkyl halides is 3. The van der Waals surface area contributed by atoms with Gasteiger partial charge in [0.1, 0.15) is 17.5 Å². The van der Waals surface area contributed by atoms with Crippen LogP contribution in [0.2, 0.25) is 0 Å². The smallest absolute Gasteiger partial charge is 0.406 e. The highest BCUT2D eigenvalue weighted by Gasteiger charge is 2.31. The molecule has 0 saturated heterocycles. The minimum atomic E-state index is -4.81. The summed E-state index contributed by atoms with van der Waals surface area (Å²) in [6, 6.07) is 11.9. The minimum Gasteiger partial charge on any atom is -0.406 e. The van der Waals surface area contributed by atoms with E-state index in [0.29, 0.717) is 17.8 Å². The lowest BCUT2D eigenvalue weighted by Gasteiger charge is -2.24. The van der Waals surface area contributed by atoms with Gasteiger partial charge in [-0.15, -0.1) is 13.2 Å². The van der Waals surface area contributed by atoms with Crippen LogP contribution in [0.3, 0.4) is 0 Å². The summed E-state index contributed by atoms with van der Waals surface area (Å²) in [5.74, 6) is -0.384. The van der Waals surface area contributed by atoms with Gasteiger partial charge in [0.2, 0.25) is 15.5 Å². The molecule has 0 radical (unpaired) electrons. The van der Waals surface area contributed by atoms with Crippen molar-refractivity contribution >= 4 is 21.9 Å². The van der Waals surface area contributed by atoms with Crippen molar-refractivity contribution in [2.75, 3.05) is 19.1 Å². The maximum Gasteiger partial charge on any atom is 0.573 e. The maximum atomic E-state index is 12.7.